The van der Waals surface area contributed by atoms with E-state index in [1.54, 1.807) is 0 Å². The molecular formula is C11H24N2O2. The molecule has 0 aliphatic rings. The fourth-order valence-corrected chi connectivity index (χ4v) is 1.34. The van der Waals surface area contributed by atoms with Crippen molar-refractivity contribution >= 4 is 5.97 Å². The smallest absolute Gasteiger partial charge is 0.307 e. The summed E-state index contributed by atoms with van der Waals surface area (Å²) in [6.45, 7) is 4.60. The summed E-state index contributed by atoms with van der Waals surface area (Å²) in [6.07, 6.45) is 0.420. The summed E-state index contributed by atoms with van der Waals surface area (Å²) in [5.41, 5.74) is 0. The first-order valence-electron chi connectivity index (χ1n) is 5.33. The van der Waals surface area contributed by atoms with Gasteiger partial charge in [0.2, 0.25) is 0 Å². The van der Waals surface area contributed by atoms with Crippen LogP contribution in [0.3, 0.4) is 0 Å². The zero-order valence-electron chi connectivity index (χ0n) is 10.8. The number of hydrogen-bond donors (Lipinski definition) is 0. The number of carbonyl (C=O) groups excluding carboxylic acids is 1. The summed E-state index contributed by atoms with van der Waals surface area (Å²) < 4.78 is 5.13. The number of ether oxygens (including phenoxy) is 1. The molecule has 0 aromatic rings. The molecule has 0 heterocycles. The first-order valence-corrected chi connectivity index (χ1v) is 5.33. The van der Waals surface area contributed by atoms with Crippen LogP contribution in [0, 0.1) is 0 Å². The average molecular weight is 216 g/mol. The van der Waals surface area contributed by atoms with Crippen molar-refractivity contribution in [2.24, 2.45) is 0 Å². The minimum absolute atomic E-state index is 0.0281. The monoisotopic (exact) mass is 216 g/mol. The van der Waals surface area contributed by atoms with Crippen LogP contribution in [0.4, 0.5) is 0 Å². The van der Waals surface area contributed by atoms with Gasteiger partial charge < -0.3 is 14.5 Å². The summed E-state index contributed by atoms with van der Waals surface area (Å²) in [6, 6.07) is 0.214. The molecule has 0 aliphatic heterocycles. The van der Waals surface area contributed by atoms with E-state index in [0.717, 1.165) is 6.54 Å². The fraction of sp³-hybridized carbons (Fsp3) is 0.909. The molecule has 0 spiro atoms. The minimum Gasteiger partial charge on any atom is -0.463 e. The Morgan fingerprint density at radius 3 is 2.07 bits per heavy atom. The van der Waals surface area contributed by atoms with Crippen LogP contribution in [0.1, 0.15) is 20.3 Å². The van der Waals surface area contributed by atoms with Crippen LogP contribution < -0.4 is 0 Å². The van der Waals surface area contributed by atoms with Gasteiger partial charge in [-0.2, -0.15) is 0 Å². The molecule has 0 saturated heterocycles. The molecule has 0 radical (unpaired) electrons. The minimum atomic E-state index is -0.120. The van der Waals surface area contributed by atoms with E-state index in [1.165, 1.54) is 0 Å². The Labute approximate surface area is 93.2 Å². The van der Waals surface area contributed by atoms with Gasteiger partial charge in [0.15, 0.2) is 0 Å². The van der Waals surface area contributed by atoms with Crippen molar-refractivity contribution < 1.29 is 9.53 Å². The average Bonchev–Trinajstić information content (AvgIpc) is 1.99. The lowest BCUT2D eigenvalue weighted by Crippen LogP contribution is -2.39. The first kappa shape index (κ1) is 14.4. The molecule has 0 amide bonds. The van der Waals surface area contributed by atoms with Gasteiger partial charge in [0.25, 0.3) is 0 Å². The summed E-state index contributed by atoms with van der Waals surface area (Å²) >= 11 is 0. The predicted octanol–water partition coefficient (Wildman–Crippen LogP) is 0.820. The second kappa shape index (κ2) is 6.80. The number of hydrogen-bond acceptors (Lipinski definition) is 4. The van der Waals surface area contributed by atoms with Crippen molar-refractivity contribution in [2.45, 2.75) is 32.4 Å². The lowest BCUT2D eigenvalue weighted by molar-refractivity contribution is -0.148. The third kappa shape index (κ3) is 7.33. The molecule has 0 saturated carbocycles. The quantitative estimate of drug-likeness (QED) is 0.615. The SMILES string of the molecule is CC(C)OC(=O)CC(CN(C)C)N(C)C. The number of likely N-dealkylation sites (N-methyl/N-ethyl adjacent to an activating group) is 2. The molecule has 4 heteroatoms. The lowest BCUT2D eigenvalue weighted by atomic mass is 10.2. The molecule has 90 valence electrons. The molecule has 0 rings (SSSR count). The Balaban J connectivity index is 4.10. The zero-order valence-corrected chi connectivity index (χ0v) is 10.8. The number of nitrogens with zero attached hydrogens (tertiary/aromatic N) is 2. The molecule has 0 aromatic carbocycles. The Morgan fingerprint density at radius 2 is 1.73 bits per heavy atom. The van der Waals surface area contributed by atoms with E-state index >= 15 is 0 Å². The number of carbonyl (C=O) groups is 1. The van der Waals surface area contributed by atoms with Gasteiger partial charge in [-0.05, 0) is 42.0 Å². The molecule has 1 atom stereocenters. The highest BCUT2D eigenvalue weighted by atomic mass is 16.5. The largest absolute Gasteiger partial charge is 0.463 e. The van der Waals surface area contributed by atoms with Gasteiger partial charge in [0.1, 0.15) is 0 Å². The third-order valence-electron chi connectivity index (χ3n) is 2.08. The van der Waals surface area contributed by atoms with E-state index in [4.69, 9.17) is 4.74 Å². The molecule has 1 unspecified atom stereocenters. The van der Waals surface area contributed by atoms with Gasteiger partial charge >= 0.3 is 5.97 Å². The van der Waals surface area contributed by atoms with Crippen LogP contribution in [-0.2, 0) is 9.53 Å². The van der Waals surface area contributed by atoms with E-state index in [0.29, 0.717) is 6.42 Å². The predicted molar refractivity (Wildman–Crippen MR) is 61.9 cm³/mol. The molecule has 0 aromatic heterocycles. The van der Waals surface area contributed by atoms with Gasteiger partial charge in [-0.1, -0.05) is 0 Å². The van der Waals surface area contributed by atoms with Crippen LogP contribution in [0.2, 0.25) is 0 Å². The standard InChI is InChI=1S/C11H24N2O2/c1-9(2)15-11(14)7-10(13(5)6)8-12(3)4/h9-10H,7-8H2,1-6H3. The van der Waals surface area contributed by atoms with Crippen molar-refractivity contribution in [1.82, 2.24) is 9.80 Å². The molecule has 0 bridgehead atoms. The van der Waals surface area contributed by atoms with Crippen LogP contribution >= 0.6 is 0 Å². The summed E-state index contributed by atoms with van der Waals surface area (Å²) in [5, 5.41) is 0. The molecular weight excluding hydrogens is 192 g/mol. The zero-order chi connectivity index (χ0) is 12.0. The van der Waals surface area contributed by atoms with E-state index in [1.807, 2.05) is 42.0 Å². The van der Waals surface area contributed by atoms with Gasteiger partial charge in [0, 0.05) is 12.6 Å². The van der Waals surface area contributed by atoms with Crippen LogP contribution in [-0.4, -0.2) is 62.7 Å². The Hall–Kier alpha value is -0.610. The Kier molecular flexibility index (Phi) is 6.52. The number of esters is 1. The van der Waals surface area contributed by atoms with Gasteiger partial charge in [-0.3, -0.25) is 4.79 Å². The van der Waals surface area contributed by atoms with E-state index in [2.05, 4.69) is 9.80 Å². The van der Waals surface area contributed by atoms with Crippen molar-refractivity contribution in [3.63, 3.8) is 0 Å². The van der Waals surface area contributed by atoms with Gasteiger partial charge in [-0.15, -0.1) is 0 Å². The third-order valence-corrected chi connectivity index (χ3v) is 2.08. The van der Waals surface area contributed by atoms with Crippen LogP contribution in [0.5, 0.6) is 0 Å². The summed E-state index contributed by atoms with van der Waals surface area (Å²) in [7, 11) is 7.97. The van der Waals surface area contributed by atoms with Crippen molar-refractivity contribution in [3.8, 4) is 0 Å². The summed E-state index contributed by atoms with van der Waals surface area (Å²) in [5.74, 6) is -0.120. The molecule has 15 heavy (non-hydrogen) atoms. The maximum Gasteiger partial charge on any atom is 0.307 e. The normalized spacial score (nSPS) is 13.7. The highest BCUT2D eigenvalue weighted by Gasteiger charge is 2.18. The maximum atomic E-state index is 11.5. The van der Waals surface area contributed by atoms with E-state index in [-0.39, 0.29) is 18.1 Å². The van der Waals surface area contributed by atoms with Crippen molar-refractivity contribution in [3.05, 3.63) is 0 Å². The lowest BCUT2D eigenvalue weighted by Gasteiger charge is -2.26. The van der Waals surface area contributed by atoms with Gasteiger partial charge in [0.05, 0.1) is 12.5 Å². The summed E-state index contributed by atoms with van der Waals surface area (Å²) in [4.78, 5) is 15.6. The molecule has 0 N–H and O–H groups in total. The van der Waals surface area contributed by atoms with Crippen molar-refractivity contribution in [2.75, 3.05) is 34.7 Å². The van der Waals surface area contributed by atoms with Crippen molar-refractivity contribution in [1.29, 1.82) is 0 Å². The molecule has 0 aliphatic carbocycles. The highest BCUT2D eigenvalue weighted by molar-refractivity contribution is 5.70. The topological polar surface area (TPSA) is 32.8 Å². The van der Waals surface area contributed by atoms with Crippen LogP contribution in [0.25, 0.3) is 0 Å². The first-order chi connectivity index (χ1) is 6.82. The molecule has 0 fully saturated rings. The highest BCUT2D eigenvalue weighted by Crippen LogP contribution is 2.04. The van der Waals surface area contributed by atoms with Crippen LogP contribution in [0.15, 0.2) is 0 Å². The van der Waals surface area contributed by atoms with E-state index < -0.39 is 0 Å². The van der Waals surface area contributed by atoms with Gasteiger partial charge in [-0.25, -0.2) is 0 Å². The Morgan fingerprint density at radius 1 is 1.20 bits per heavy atom. The maximum absolute atomic E-state index is 11.5. The molecule has 4 nitrogen and oxygen atoms in total. The fourth-order valence-electron chi connectivity index (χ4n) is 1.34. The Bertz CT molecular complexity index is 191. The second-order valence-corrected chi connectivity index (χ2v) is 4.62. The number of rotatable bonds is 6. The van der Waals surface area contributed by atoms with E-state index in [9.17, 15) is 4.79 Å². The second-order valence-electron chi connectivity index (χ2n) is 4.62.